The summed E-state index contributed by atoms with van der Waals surface area (Å²) < 4.78 is 46.0. The van der Waals surface area contributed by atoms with Crippen molar-refractivity contribution in [2.45, 2.75) is 32.5 Å². The van der Waals surface area contributed by atoms with E-state index in [1.807, 2.05) is 29.9 Å². The summed E-state index contributed by atoms with van der Waals surface area (Å²) in [5, 5.41) is 6.70. The van der Waals surface area contributed by atoms with Gasteiger partial charge in [-0.2, -0.15) is 18.3 Å². The lowest BCUT2D eigenvalue weighted by molar-refractivity contribution is -0.139. The van der Waals surface area contributed by atoms with Crippen LogP contribution in [0.3, 0.4) is 0 Å². The molecule has 8 nitrogen and oxygen atoms in total. The van der Waals surface area contributed by atoms with E-state index in [-0.39, 0.29) is 12.1 Å². The molecule has 4 rings (SSSR count). The first-order chi connectivity index (χ1) is 17.2. The van der Waals surface area contributed by atoms with Gasteiger partial charge in [-0.1, -0.05) is 24.3 Å². The zero-order valence-electron chi connectivity index (χ0n) is 19.6. The van der Waals surface area contributed by atoms with E-state index >= 15 is 0 Å². The van der Waals surface area contributed by atoms with Crippen LogP contribution in [0.15, 0.2) is 61.3 Å². The number of carbonyl (C=O) groups is 1. The topological polar surface area (TPSA) is 94.8 Å². The standard InChI is InChI=1S/C25H23F3N6O2/c1-3-34-15-17(11-32-34)8-22-29-12-19(13-30-22)18-6-4-16(5-7-18)9-23(35)33-20-10-21(25(26,27)28)24(36-2)31-14-20/h4-7,10-15H,3,8-9H2,1-2H3,(H,33,35). The van der Waals surface area contributed by atoms with Crippen molar-refractivity contribution in [2.24, 2.45) is 0 Å². The SMILES string of the molecule is CCn1cc(Cc2ncc(-c3ccc(CC(=O)Nc4cnc(OC)c(C(F)(F)F)c4)cc3)cn2)cn1. The monoisotopic (exact) mass is 496 g/mol. The largest absolute Gasteiger partial charge is 0.481 e. The molecule has 0 bridgehead atoms. The number of carbonyl (C=O) groups excluding carboxylic acids is 1. The Morgan fingerprint density at radius 3 is 2.33 bits per heavy atom. The van der Waals surface area contributed by atoms with Crippen LogP contribution >= 0.6 is 0 Å². The van der Waals surface area contributed by atoms with Crippen molar-refractivity contribution in [1.82, 2.24) is 24.7 Å². The highest BCUT2D eigenvalue weighted by atomic mass is 19.4. The second kappa shape index (κ2) is 10.5. The number of benzene rings is 1. The van der Waals surface area contributed by atoms with Gasteiger partial charge in [0.15, 0.2) is 0 Å². The molecule has 0 saturated heterocycles. The van der Waals surface area contributed by atoms with Gasteiger partial charge in [-0.25, -0.2) is 15.0 Å². The minimum atomic E-state index is -4.66. The molecule has 3 aromatic heterocycles. The highest BCUT2D eigenvalue weighted by Crippen LogP contribution is 2.36. The van der Waals surface area contributed by atoms with Crippen LogP contribution in [0, 0.1) is 0 Å². The molecule has 1 N–H and O–H groups in total. The van der Waals surface area contributed by atoms with Crippen molar-refractivity contribution in [3.63, 3.8) is 0 Å². The van der Waals surface area contributed by atoms with E-state index in [0.29, 0.717) is 17.8 Å². The van der Waals surface area contributed by atoms with Crippen LogP contribution in [0.4, 0.5) is 18.9 Å². The van der Waals surface area contributed by atoms with Gasteiger partial charge in [0.05, 0.1) is 31.6 Å². The summed E-state index contributed by atoms with van der Waals surface area (Å²) in [6.45, 7) is 2.82. The van der Waals surface area contributed by atoms with Crippen molar-refractivity contribution >= 4 is 11.6 Å². The summed E-state index contributed by atoms with van der Waals surface area (Å²) in [6, 6.07) is 8.02. The second-order valence-corrected chi connectivity index (χ2v) is 7.97. The van der Waals surface area contributed by atoms with Crippen molar-refractivity contribution in [3.05, 3.63) is 83.8 Å². The van der Waals surface area contributed by atoms with Crippen molar-refractivity contribution in [1.29, 1.82) is 0 Å². The highest BCUT2D eigenvalue weighted by molar-refractivity contribution is 5.92. The van der Waals surface area contributed by atoms with Crippen LogP contribution in [0.5, 0.6) is 5.88 Å². The fourth-order valence-corrected chi connectivity index (χ4v) is 3.54. The third-order valence-electron chi connectivity index (χ3n) is 5.36. The van der Waals surface area contributed by atoms with Gasteiger partial charge < -0.3 is 10.1 Å². The first kappa shape index (κ1) is 24.8. The summed E-state index contributed by atoms with van der Waals surface area (Å²) in [6.07, 6.45) is 4.27. The van der Waals surface area contributed by atoms with E-state index in [4.69, 9.17) is 0 Å². The molecule has 0 fully saturated rings. The van der Waals surface area contributed by atoms with E-state index in [1.54, 1.807) is 30.7 Å². The Labute approximate surface area is 205 Å². The summed E-state index contributed by atoms with van der Waals surface area (Å²) in [5.74, 6) is -0.341. The van der Waals surface area contributed by atoms with E-state index in [1.165, 1.54) is 0 Å². The lowest BCUT2D eigenvalue weighted by Gasteiger charge is -2.13. The number of ether oxygens (including phenoxy) is 1. The lowest BCUT2D eigenvalue weighted by atomic mass is 10.0. The fraction of sp³-hybridized carbons (Fsp3) is 0.240. The molecule has 4 aromatic rings. The van der Waals surface area contributed by atoms with E-state index < -0.39 is 23.5 Å². The maximum Gasteiger partial charge on any atom is 0.421 e. The average Bonchev–Trinajstić information content (AvgIpc) is 3.32. The zero-order chi connectivity index (χ0) is 25.7. The maximum atomic E-state index is 13.2. The molecule has 0 aliphatic heterocycles. The number of alkyl halides is 3. The Balaban J connectivity index is 1.37. The van der Waals surface area contributed by atoms with E-state index in [2.05, 4.69) is 30.1 Å². The van der Waals surface area contributed by atoms with Crippen molar-refractivity contribution < 1.29 is 22.7 Å². The van der Waals surface area contributed by atoms with Gasteiger partial charge in [0.1, 0.15) is 11.4 Å². The Morgan fingerprint density at radius 2 is 1.72 bits per heavy atom. The van der Waals surface area contributed by atoms with Crippen LogP contribution < -0.4 is 10.1 Å². The van der Waals surface area contributed by atoms with Crippen LogP contribution in [0.1, 0.15) is 29.4 Å². The molecule has 0 saturated carbocycles. The van der Waals surface area contributed by atoms with E-state index in [9.17, 15) is 18.0 Å². The molecule has 36 heavy (non-hydrogen) atoms. The zero-order valence-corrected chi connectivity index (χ0v) is 19.6. The number of pyridine rings is 1. The van der Waals surface area contributed by atoms with Gasteiger partial charge in [-0.05, 0) is 29.7 Å². The third kappa shape index (κ3) is 6.04. The molecule has 3 heterocycles. The van der Waals surface area contributed by atoms with Gasteiger partial charge in [-0.3, -0.25) is 9.48 Å². The number of halogens is 3. The van der Waals surface area contributed by atoms with Gasteiger partial charge in [0.2, 0.25) is 11.8 Å². The minimum Gasteiger partial charge on any atom is -0.481 e. The first-order valence-corrected chi connectivity index (χ1v) is 11.1. The fourth-order valence-electron chi connectivity index (χ4n) is 3.54. The maximum absolute atomic E-state index is 13.2. The molecule has 11 heteroatoms. The van der Waals surface area contributed by atoms with Crippen LogP contribution in [0.25, 0.3) is 11.1 Å². The summed E-state index contributed by atoms with van der Waals surface area (Å²) in [4.78, 5) is 24.9. The Kier molecular flexibility index (Phi) is 7.28. The number of nitrogens with one attached hydrogen (secondary N) is 1. The minimum absolute atomic E-state index is 0.0193. The number of amides is 1. The molecular formula is C25H23F3N6O2. The van der Waals surface area contributed by atoms with E-state index in [0.717, 1.165) is 42.6 Å². The number of methoxy groups -OCH3 is 1. The molecule has 1 aromatic carbocycles. The van der Waals surface area contributed by atoms with Crippen molar-refractivity contribution in [2.75, 3.05) is 12.4 Å². The third-order valence-corrected chi connectivity index (χ3v) is 5.36. The molecule has 0 atom stereocenters. The lowest BCUT2D eigenvalue weighted by Crippen LogP contribution is -2.16. The quantitative estimate of drug-likeness (QED) is 0.385. The predicted molar refractivity (Wildman–Crippen MR) is 126 cm³/mol. The molecular weight excluding hydrogens is 473 g/mol. The Hall–Kier alpha value is -4.28. The summed E-state index contributed by atoms with van der Waals surface area (Å²) >= 11 is 0. The average molecular weight is 496 g/mol. The number of nitrogens with zero attached hydrogens (tertiary/aromatic N) is 5. The number of rotatable bonds is 8. The Morgan fingerprint density at radius 1 is 1.00 bits per heavy atom. The molecule has 1 amide bonds. The summed E-state index contributed by atoms with van der Waals surface area (Å²) in [7, 11) is 1.10. The van der Waals surface area contributed by atoms with Crippen LogP contribution in [-0.2, 0) is 30.4 Å². The highest BCUT2D eigenvalue weighted by Gasteiger charge is 2.35. The van der Waals surface area contributed by atoms with Gasteiger partial charge in [0, 0.05) is 37.1 Å². The first-order valence-electron chi connectivity index (χ1n) is 11.1. The molecule has 0 aliphatic rings. The van der Waals surface area contributed by atoms with Gasteiger partial charge >= 0.3 is 6.18 Å². The van der Waals surface area contributed by atoms with Crippen LogP contribution in [-0.4, -0.2) is 37.7 Å². The van der Waals surface area contributed by atoms with Crippen molar-refractivity contribution in [3.8, 4) is 17.0 Å². The Bertz CT molecular complexity index is 1340. The molecule has 0 spiro atoms. The molecule has 0 unspecified atom stereocenters. The summed E-state index contributed by atoms with van der Waals surface area (Å²) in [5.41, 5.74) is 2.30. The number of hydrogen-bond acceptors (Lipinski definition) is 6. The second-order valence-electron chi connectivity index (χ2n) is 7.97. The molecule has 186 valence electrons. The van der Waals surface area contributed by atoms with Crippen LogP contribution in [0.2, 0.25) is 0 Å². The number of aryl methyl sites for hydroxylation is 1. The molecule has 0 aliphatic carbocycles. The van der Waals surface area contributed by atoms with Gasteiger partial charge in [0.25, 0.3) is 0 Å². The number of anilines is 1. The number of hydrogen-bond donors (Lipinski definition) is 1. The smallest absolute Gasteiger partial charge is 0.421 e. The normalized spacial score (nSPS) is 11.4. The molecule has 0 radical (unpaired) electrons. The predicted octanol–water partition coefficient (Wildman–Crippen LogP) is 4.55. The van der Waals surface area contributed by atoms with Gasteiger partial charge in [-0.15, -0.1) is 0 Å². The number of aromatic nitrogens is 5.